The van der Waals surface area contributed by atoms with Crippen molar-refractivity contribution in [1.82, 2.24) is 5.32 Å². The summed E-state index contributed by atoms with van der Waals surface area (Å²) in [6.45, 7) is 3.02. The molecule has 0 spiro atoms. The Balaban J connectivity index is 1.21. The normalized spacial score (nSPS) is 16.4. The lowest BCUT2D eigenvalue weighted by molar-refractivity contribution is -0.119. The number of methoxy groups -OCH3 is 1. The lowest BCUT2D eigenvalue weighted by Crippen LogP contribution is -2.45. The van der Waals surface area contributed by atoms with E-state index in [1.54, 1.807) is 7.11 Å². The molecule has 2 aliphatic rings. The van der Waals surface area contributed by atoms with Crippen LogP contribution < -0.4 is 24.4 Å². The number of carbonyl (C=O) groups is 1. The number of nitrogens with one attached hydrogen (secondary N) is 1. The first-order valence-electron chi connectivity index (χ1n) is 9.92. The lowest BCUT2D eigenvalue weighted by Gasteiger charge is -2.34. The van der Waals surface area contributed by atoms with Gasteiger partial charge in [0.1, 0.15) is 19.0 Å². The van der Waals surface area contributed by atoms with Gasteiger partial charge in [0.05, 0.1) is 12.9 Å². The molecule has 1 N–H and O–H groups in total. The molecule has 0 unspecified atom stereocenters. The van der Waals surface area contributed by atoms with Crippen molar-refractivity contribution in [2.45, 2.75) is 23.8 Å². The predicted molar refractivity (Wildman–Crippen MR) is 115 cm³/mol. The van der Waals surface area contributed by atoms with Crippen LogP contribution in [0.2, 0.25) is 0 Å². The molecule has 2 heterocycles. The Bertz CT molecular complexity index is 835. The molecule has 1 fully saturated rings. The fourth-order valence-electron chi connectivity index (χ4n) is 3.61. The van der Waals surface area contributed by atoms with Crippen LogP contribution in [0.4, 0.5) is 5.69 Å². The highest BCUT2D eigenvalue weighted by atomic mass is 32.2. The molecule has 154 valence electrons. The SMILES string of the molecule is COc1ccc(N2CCC(NC(=O)CSc3ccc4c(c3)OCCO4)CC2)cc1. The summed E-state index contributed by atoms with van der Waals surface area (Å²) in [7, 11) is 1.68. The maximum atomic E-state index is 12.4. The summed E-state index contributed by atoms with van der Waals surface area (Å²) in [6.07, 6.45) is 1.90. The van der Waals surface area contributed by atoms with E-state index in [1.807, 2.05) is 30.3 Å². The molecule has 0 aliphatic carbocycles. The summed E-state index contributed by atoms with van der Waals surface area (Å²) in [5.74, 6) is 2.87. The van der Waals surface area contributed by atoms with Gasteiger partial charge >= 0.3 is 0 Å². The van der Waals surface area contributed by atoms with Crippen LogP contribution in [0.25, 0.3) is 0 Å². The summed E-state index contributed by atoms with van der Waals surface area (Å²) >= 11 is 1.52. The minimum atomic E-state index is 0.0767. The number of thioether (sulfide) groups is 1. The van der Waals surface area contributed by atoms with E-state index in [1.165, 1.54) is 17.4 Å². The molecule has 2 aliphatic heterocycles. The number of hydrogen-bond acceptors (Lipinski definition) is 6. The van der Waals surface area contributed by atoms with E-state index in [-0.39, 0.29) is 11.9 Å². The second-order valence-electron chi connectivity index (χ2n) is 7.12. The molecular formula is C22H26N2O4S. The predicted octanol–water partition coefficient (Wildman–Crippen LogP) is 3.34. The van der Waals surface area contributed by atoms with Crippen molar-refractivity contribution in [2.24, 2.45) is 0 Å². The number of benzene rings is 2. The molecule has 0 aromatic heterocycles. The molecule has 6 nitrogen and oxygen atoms in total. The Morgan fingerprint density at radius 3 is 2.55 bits per heavy atom. The number of rotatable bonds is 6. The van der Waals surface area contributed by atoms with Crippen molar-refractivity contribution in [3.63, 3.8) is 0 Å². The highest BCUT2D eigenvalue weighted by Crippen LogP contribution is 2.34. The molecule has 2 aromatic rings. The van der Waals surface area contributed by atoms with E-state index >= 15 is 0 Å². The van der Waals surface area contributed by atoms with E-state index in [4.69, 9.17) is 14.2 Å². The largest absolute Gasteiger partial charge is 0.497 e. The average molecular weight is 415 g/mol. The molecule has 2 aromatic carbocycles. The Morgan fingerprint density at radius 2 is 1.83 bits per heavy atom. The summed E-state index contributed by atoms with van der Waals surface area (Å²) in [5, 5.41) is 3.18. The van der Waals surface area contributed by atoms with Crippen molar-refractivity contribution in [2.75, 3.05) is 44.1 Å². The monoisotopic (exact) mass is 414 g/mol. The Labute approximate surface area is 175 Å². The molecule has 0 radical (unpaired) electrons. The van der Waals surface area contributed by atoms with Gasteiger partial charge in [-0.25, -0.2) is 0 Å². The molecule has 4 rings (SSSR count). The maximum Gasteiger partial charge on any atom is 0.230 e. The second-order valence-corrected chi connectivity index (χ2v) is 8.17. The van der Waals surface area contributed by atoms with Gasteiger partial charge in [-0.15, -0.1) is 11.8 Å². The van der Waals surface area contributed by atoms with Gasteiger partial charge in [-0.1, -0.05) is 0 Å². The van der Waals surface area contributed by atoms with Gasteiger partial charge < -0.3 is 24.4 Å². The van der Waals surface area contributed by atoms with Crippen molar-refractivity contribution in [3.8, 4) is 17.2 Å². The van der Waals surface area contributed by atoms with Gasteiger partial charge in [0.2, 0.25) is 5.91 Å². The summed E-state index contributed by atoms with van der Waals surface area (Å²) in [6, 6.07) is 14.2. The fraction of sp³-hybridized carbons (Fsp3) is 0.409. The van der Waals surface area contributed by atoms with Crippen LogP contribution in [-0.4, -0.2) is 51.1 Å². The maximum absolute atomic E-state index is 12.4. The standard InChI is InChI=1S/C22H26N2O4S/c1-26-18-4-2-17(3-5-18)24-10-8-16(9-11-24)23-22(25)15-29-19-6-7-20-21(14-19)28-13-12-27-20/h2-7,14,16H,8-13,15H2,1H3,(H,23,25). The molecule has 1 amide bonds. The quantitative estimate of drug-likeness (QED) is 0.732. The third-order valence-corrected chi connectivity index (χ3v) is 6.18. The van der Waals surface area contributed by atoms with Crippen LogP contribution in [-0.2, 0) is 4.79 Å². The first-order valence-corrected chi connectivity index (χ1v) is 10.9. The van der Waals surface area contributed by atoms with Gasteiger partial charge in [0, 0.05) is 29.7 Å². The van der Waals surface area contributed by atoms with Crippen molar-refractivity contribution < 1.29 is 19.0 Å². The molecule has 0 bridgehead atoms. The third kappa shape index (κ3) is 5.09. The summed E-state index contributed by atoms with van der Waals surface area (Å²) < 4.78 is 16.4. The highest BCUT2D eigenvalue weighted by molar-refractivity contribution is 8.00. The topological polar surface area (TPSA) is 60.0 Å². The Hall–Kier alpha value is -2.54. The first-order chi connectivity index (χ1) is 14.2. The van der Waals surface area contributed by atoms with Crippen LogP contribution >= 0.6 is 11.8 Å². The van der Waals surface area contributed by atoms with Gasteiger partial charge in [0.15, 0.2) is 11.5 Å². The zero-order chi connectivity index (χ0) is 20.1. The molecular weight excluding hydrogens is 388 g/mol. The summed E-state index contributed by atoms with van der Waals surface area (Å²) in [4.78, 5) is 15.7. The number of ether oxygens (including phenoxy) is 3. The molecule has 1 saturated heterocycles. The number of fused-ring (bicyclic) bond motifs is 1. The average Bonchev–Trinajstić information content (AvgIpc) is 2.78. The van der Waals surface area contributed by atoms with Gasteiger partial charge in [0.25, 0.3) is 0 Å². The Morgan fingerprint density at radius 1 is 1.10 bits per heavy atom. The minimum absolute atomic E-state index is 0.0767. The smallest absolute Gasteiger partial charge is 0.230 e. The molecule has 7 heteroatoms. The van der Waals surface area contributed by atoms with Crippen molar-refractivity contribution in [3.05, 3.63) is 42.5 Å². The molecule has 29 heavy (non-hydrogen) atoms. The minimum Gasteiger partial charge on any atom is -0.497 e. The highest BCUT2D eigenvalue weighted by Gasteiger charge is 2.21. The van der Waals surface area contributed by atoms with Crippen LogP contribution in [0.15, 0.2) is 47.4 Å². The van der Waals surface area contributed by atoms with E-state index < -0.39 is 0 Å². The third-order valence-electron chi connectivity index (χ3n) is 5.18. The lowest BCUT2D eigenvalue weighted by atomic mass is 10.0. The van der Waals surface area contributed by atoms with E-state index in [0.29, 0.717) is 19.0 Å². The Kier molecular flexibility index (Phi) is 6.34. The number of piperidine rings is 1. The number of carbonyl (C=O) groups excluding carboxylic acids is 1. The van der Waals surface area contributed by atoms with Crippen molar-refractivity contribution >= 4 is 23.4 Å². The number of nitrogens with zero attached hydrogens (tertiary/aromatic N) is 1. The van der Waals surface area contributed by atoms with Crippen LogP contribution in [0.3, 0.4) is 0 Å². The number of hydrogen-bond donors (Lipinski definition) is 1. The van der Waals surface area contributed by atoms with Crippen LogP contribution in [0, 0.1) is 0 Å². The van der Waals surface area contributed by atoms with Gasteiger partial charge in [-0.2, -0.15) is 0 Å². The molecule has 0 saturated carbocycles. The zero-order valence-electron chi connectivity index (χ0n) is 16.6. The second kappa shape index (κ2) is 9.31. The van der Waals surface area contributed by atoms with Crippen molar-refractivity contribution in [1.29, 1.82) is 0 Å². The number of anilines is 1. The van der Waals surface area contributed by atoms with Crippen LogP contribution in [0.5, 0.6) is 17.2 Å². The van der Waals surface area contributed by atoms with Crippen LogP contribution in [0.1, 0.15) is 12.8 Å². The van der Waals surface area contributed by atoms with E-state index in [0.717, 1.165) is 48.1 Å². The summed E-state index contributed by atoms with van der Waals surface area (Å²) in [5.41, 5.74) is 1.20. The molecule has 0 atom stereocenters. The zero-order valence-corrected chi connectivity index (χ0v) is 17.4. The first kappa shape index (κ1) is 19.8. The van der Waals surface area contributed by atoms with E-state index in [9.17, 15) is 4.79 Å². The fourth-order valence-corrected chi connectivity index (χ4v) is 4.34. The van der Waals surface area contributed by atoms with E-state index in [2.05, 4.69) is 22.3 Å². The number of amides is 1. The van der Waals surface area contributed by atoms with Gasteiger partial charge in [-0.3, -0.25) is 4.79 Å². The van der Waals surface area contributed by atoms with Gasteiger partial charge in [-0.05, 0) is 55.3 Å².